The van der Waals surface area contributed by atoms with Crippen LogP contribution in [0.5, 0.6) is 0 Å². The van der Waals surface area contributed by atoms with Gasteiger partial charge in [-0.2, -0.15) is 0 Å². The Morgan fingerprint density at radius 2 is 1.85 bits per heavy atom. The van der Waals surface area contributed by atoms with Crippen LogP contribution in [0.1, 0.15) is 42.9 Å². The number of ether oxygens (including phenoxy) is 1. The molecule has 1 aliphatic heterocycles. The normalized spacial score (nSPS) is 19.4. The summed E-state index contributed by atoms with van der Waals surface area (Å²) < 4.78 is 32.8. The first kappa shape index (κ1) is 23.9. The molecule has 8 heteroatoms. The number of hydrogen-bond donors (Lipinski definition) is 2. The predicted octanol–water partition coefficient (Wildman–Crippen LogP) is 2.60. The van der Waals surface area contributed by atoms with Crippen molar-refractivity contribution in [1.82, 2.24) is 14.9 Å². The van der Waals surface area contributed by atoms with Crippen LogP contribution in [0.2, 0.25) is 0 Å². The van der Waals surface area contributed by atoms with E-state index in [1.807, 2.05) is 12.1 Å². The van der Waals surface area contributed by atoms with Gasteiger partial charge >= 0.3 is 0 Å². The summed E-state index contributed by atoms with van der Waals surface area (Å²) in [7, 11) is -3.44. The average molecular weight is 472 g/mol. The second-order valence-electron chi connectivity index (χ2n) is 9.05. The third-order valence-electron chi connectivity index (χ3n) is 5.99. The van der Waals surface area contributed by atoms with E-state index in [1.165, 1.54) is 5.56 Å². The van der Waals surface area contributed by atoms with E-state index in [9.17, 15) is 13.2 Å². The van der Waals surface area contributed by atoms with Gasteiger partial charge in [0.2, 0.25) is 15.9 Å². The van der Waals surface area contributed by atoms with Crippen molar-refractivity contribution in [3.05, 3.63) is 65.2 Å². The van der Waals surface area contributed by atoms with Crippen molar-refractivity contribution in [1.29, 1.82) is 0 Å². The van der Waals surface area contributed by atoms with Crippen molar-refractivity contribution in [3.63, 3.8) is 0 Å². The van der Waals surface area contributed by atoms with Crippen LogP contribution in [0.4, 0.5) is 0 Å². The monoisotopic (exact) mass is 471 g/mol. The van der Waals surface area contributed by atoms with Crippen molar-refractivity contribution < 1.29 is 17.9 Å². The average Bonchev–Trinajstić information content (AvgIpc) is 3.60. The fourth-order valence-corrected chi connectivity index (χ4v) is 5.31. The zero-order valence-electron chi connectivity index (χ0n) is 19.1. The highest BCUT2D eigenvalue weighted by molar-refractivity contribution is 7.89. The minimum atomic E-state index is -3.44. The van der Waals surface area contributed by atoms with Gasteiger partial charge in [0.15, 0.2) is 0 Å². The smallest absolute Gasteiger partial charge is 0.240 e. The Bertz CT molecular complexity index is 1050. The predicted molar refractivity (Wildman–Crippen MR) is 127 cm³/mol. The minimum Gasteiger partial charge on any atom is -0.376 e. The summed E-state index contributed by atoms with van der Waals surface area (Å²) in [6.45, 7) is 6.13. The zero-order valence-corrected chi connectivity index (χ0v) is 19.9. The molecule has 4 rings (SSSR count). The number of carbonyl (C=O) groups excluding carboxylic acids is 1. The number of nitrogens with one attached hydrogen (secondary N) is 2. The summed E-state index contributed by atoms with van der Waals surface area (Å²) in [5, 5.41) is 2.99. The lowest BCUT2D eigenvalue weighted by Gasteiger charge is -2.31. The van der Waals surface area contributed by atoms with E-state index in [1.54, 1.807) is 24.3 Å². The topological polar surface area (TPSA) is 87.7 Å². The van der Waals surface area contributed by atoms with Crippen LogP contribution < -0.4 is 10.0 Å². The summed E-state index contributed by atoms with van der Waals surface area (Å²) in [5.41, 5.74) is 3.26. The summed E-state index contributed by atoms with van der Waals surface area (Å²) in [4.78, 5) is 15.0. The molecule has 1 amide bonds. The highest BCUT2D eigenvalue weighted by atomic mass is 32.2. The van der Waals surface area contributed by atoms with E-state index >= 15 is 0 Å². The molecule has 0 bridgehead atoms. The van der Waals surface area contributed by atoms with Gasteiger partial charge in [0.05, 0.1) is 17.6 Å². The van der Waals surface area contributed by atoms with E-state index in [0.717, 1.165) is 50.2 Å². The van der Waals surface area contributed by atoms with Crippen LogP contribution in [-0.4, -0.2) is 51.1 Å². The first-order valence-electron chi connectivity index (χ1n) is 11.7. The molecule has 1 atom stereocenters. The first-order valence-corrected chi connectivity index (χ1v) is 13.2. The fraction of sp³-hybridized carbons (Fsp3) is 0.480. The molecule has 2 fully saturated rings. The van der Waals surface area contributed by atoms with Gasteiger partial charge in [-0.05, 0) is 55.0 Å². The number of morpholine rings is 1. The lowest BCUT2D eigenvalue weighted by Crippen LogP contribution is -2.40. The Morgan fingerprint density at radius 3 is 2.58 bits per heavy atom. The van der Waals surface area contributed by atoms with Crippen LogP contribution in [0.3, 0.4) is 0 Å². The number of carbonyl (C=O) groups is 1. The van der Waals surface area contributed by atoms with Gasteiger partial charge in [0, 0.05) is 38.6 Å². The maximum Gasteiger partial charge on any atom is 0.240 e. The SMILES string of the molecule is CC1CN(Cc2cccc(CNC(=O)CCc3ccc(S(=O)(=O)NC4CC4)cc3)c2)CCO1. The second-order valence-corrected chi connectivity index (χ2v) is 10.8. The van der Waals surface area contributed by atoms with Gasteiger partial charge in [0.1, 0.15) is 0 Å². The lowest BCUT2D eigenvalue weighted by molar-refractivity contribution is -0.121. The summed E-state index contributed by atoms with van der Waals surface area (Å²) in [6, 6.07) is 15.2. The minimum absolute atomic E-state index is 0.0190. The molecule has 1 heterocycles. The summed E-state index contributed by atoms with van der Waals surface area (Å²) in [6.07, 6.45) is 3.00. The number of rotatable bonds is 10. The zero-order chi connectivity index (χ0) is 23.3. The molecule has 33 heavy (non-hydrogen) atoms. The van der Waals surface area contributed by atoms with Gasteiger partial charge in [-0.3, -0.25) is 9.69 Å². The molecular formula is C25H33N3O4S. The van der Waals surface area contributed by atoms with Crippen molar-refractivity contribution in [2.75, 3.05) is 19.7 Å². The Hall–Kier alpha value is -2.26. The fourth-order valence-electron chi connectivity index (χ4n) is 4.00. The number of benzene rings is 2. The maximum absolute atomic E-state index is 12.3. The quantitative estimate of drug-likeness (QED) is 0.556. The molecule has 0 aromatic heterocycles. The van der Waals surface area contributed by atoms with E-state index in [2.05, 4.69) is 34.0 Å². The number of hydrogen-bond acceptors (Lipinski definition) is 5. The number of amides is 1. The molecule has 1 saturated carbocycles. The standard InChI is InChI=1S/C25H33N3O4S/c1-19-17-28(13-14-32-19)18-22-4-2-3-21(15-22)16-26-25(29)12-7-20-5-10-24(11-6-20)33(30,31)27-23-8-9-23/h2-6,10-11,15,19,23,27H,7-9,12-14,16-18H2,1H3,(H,26,29). The van der Waals surface area contributed by atoms with Gasteiger partial charge in [-0.15, -0.1) is 0 Å². The van der Waals surface area contributed by atoms with Crippen molar-refractivity contribution in [3.8, 4) is 0 Å². The third kappa shape index (κ3) is 7.37. The maximum atomic E-state index is 12.3. The van der Waals surface area contributed by atoms with E-state index < -0.39 is 10.0 Å². The molecule has 0 radical (unpaired) electrons. The van der Waals surface area contributed by atoms with Crippen LogP contribution in [-0.2, 0) is 39.1 Å². The molecule has 7 nitrogen and oxygen atoms in total. The number of aryl methyl sites for hydroxylation is 1. The molecule has 178 valence electrons. The summed E-state index contributed by atoms with van der Waals surface area (Å²) >= 11 is 0. The third-order valence-corrected chi connectivity index (χ3v) is 7.52. The molecular weight excluding hydrogens is 438 g/mol. The van der Waals surface area contributed by atoms with Crippen LogP contribution >= 0.6 is 0 Å². The number of sulfonamides is 1. The molecule has 2 N–H and O–H groups in total. The second kappa shape index (κ2) is 10.8. The van der Waals surface area contributed by atoms with E-state index in [4.69, 9.17) is 4.74 Å². The Balaban J connectivity index is 1.22. The van der Waals surface area contributed by atoms with Gasteiger partial charge in [-0.1, -0.05) is 36.4 Å². The molecule has 2 aromatic carbocycles. The van der Waals surface area contributed by atoms with Crippen molar-refractivity contribution >= 4 is 15.9 Å². The van der Waals surface area contributed by atoms with Crippen LogP contribution in [0.25, 0.3) is 0 Å². The Kier molecular flexibility index (Phi) is 7.80. The Morgan fingerprint density at radius 1 is 1.09 bits per heavy atom. The van der Waals surface area contributed by atoms with Crippen LogP contribution in [0.15, 0.2) is 53.4 Å². The molecule has 1 aliphatic carbocycles. The lowest BCUT2D eigenvalue weighted by atomic mass is 10.1. The molecule has 1 unspecified atom stereocenters. The van der Waals surface area contributed by atoms with Crippen LogP contribution in [0, 0.1) is 0 Å². The highest BCUT2D eigenvalue weighted by Crippen LogP contribution is 2.22. The molecule has 2 aromatic rings. The van der Waals surface area contributed by atoms with Gasteiger partial charge in [0.25, 0.3) is 0 Å². The summed E-state index contributed by atoms with van der Waals surface area (Å²) in [5.74, 6) is -0.0190. The molecule has 2 aliphatic rings. The largest absolute Gasteiger partial charge is 0.376 e. The highest BCUT2D eigenvalue weighted by Gasteiger charge is 2.27. The van der Waals surface area contributed by atoms with Crippen molar-refractivity contribution in [2.45, 2.75) is 62.7 Å². The number of nitrogens with zero attached hydrogens (tertiary/aromatic N) is 1. The van der Waals surface area contributed by atoms with E-state index in [-0.39, 0.29) is 22.9 Å². The van der Waals surface area contributed by atoms with Crippen molar-refractivity contribution in [2.24, 2.45) is 0 Å². The molecule has 0 spiro atoms. The van der Waals surface area contributed by atoms with Gasteiger partial charge in [-0.25, -0.2) is 13.1 Å². The van der Waals surface area contributed by atoms with Gasteiger partial charge < -0.3 is 10.1 Å². The Labute approximate surface area is 196 Å². The first-order chi connectivity index (χ1) is 15.9. The van der Waals surface area contributed by atoms with E-state index in [0.29, 0.717) is 19.4 Å². The molecule has 1 saturated heterocycles.